The van der Waals surface area contributed by atoms with Crippen LogP contribution in [-0.4, -0.2) is 31.4 Å². The molecule has 0 aliphatic rings. The summed E-state index contributed by atoms with van der Waals surface area (Å²) >= 11 is 0. The van der Waals surface area contributed by atoms with Crippen molar-refractivity contribution in [2.75, 3.05) is 19.0 Å². The molecular formula is C17H21NO5. The van der Waals surface area contributed by atoms with Gasteiger partial charge in [0.25, 0.3) is 0 Å². The molecule has 0 aromatic heterocycles. The van der Waals surface area contributed by atoms with Gasteiger partial charge in [-0.25, -0.2) is 9.59 Å². The Kier molecular flexibility index (Phi) is 7.53. The second-order valence-electron chi connectivity index (χ2n) is 4.63. The van der Waals surface area contributed by atoms with Gasteiger partial charge in [0.15, 0.2) is 5.78 Å². The summed E-state index contributed by atoms with van der Waals surface area (Å²) in [7, 11) is 1.28. The summed E-state index contributed by atoms with van der Waals surface area (Å²) in [4.78, 5) is 35.7. The number of nitrogens with one attached hydrogen (secondary N) is 1. The van der Waals surface area contributed by atoms with E-state index in [9.17, 15) is 14.4 Å². The molecule has 0 saturated carbocycles. The lowest BCUT2D eigenvalue weighted by Crippen LogP contribution is -2.17. The fraction of sp³-hybridized carbons (Fsp3) is 0.353. The average molecular weight is 319 g/mol. The molecule has 0 fully saturated rings. The second kappa shape index (κ2) is 9.40. The highest BCUT2D eigenvalue weighted by molar-refractivity contribution is 6.17. The van der Waals surface area contributed by atoms with E-state index in [1.165, 1.54) is 13.3 Å². The SMILES string of the molecule is CCCC(=O)/C(=C/Nc1ccccc1C(=O)OC)C(=O)OCC. The zero-order valence-corrected chi connectivity index (χ0v) is 13.5. The minimum Gasteiger partial charge on any atom is -0.465 e. The number of hydrogen-bond donors (Lipinski definition) is 1. The molecule has 0 saturated heterocycles. The number of hydrogen-bond acceptors (Lipinski definition) is 6. The predicted octanol–water partition coefficient (Wildman–Crippen LogP) is 2.70. The van der Waals surface area contributed by atoms with Gasteiger partial charge in [0.1, 0.15) is 5.57 Å². The van der Waals surface area contributed by atoms with Crippen molar-refractivity contribution in [3.8, 4) is 0 Å². The number of carbonyl (C=O) groups excluding carboxylic acids is 3. The Morgan fingerprint density at radius 3 is 2.48 bits per heavy atom. The van der Waals surface area contributed by atoms with Crippen LogP contribution in [0.3, 0.4) is 0 Å². The molecule has 0 unspecified atom stereocenters. The fourth-order valence-corrected chi connectivity index (χ4v) is 1.87. The Balaban J connectivity index is 3.08. The van der Waals surface area contributed by atoms with Gasteiger partial charge in [0.05, 0.1) is 25.0 Å². The van der Waals surface area contributed by atoms with Crippen LogP contribution in [0, 0.1) is 0 Å². The van der Waals surface area contributed by atoms with Crippen LogP contribution < -0.4 is 5.32 Å². The van der Waals surface area contributed by atoms with Gasteiger partial charge >= 0.3 is 11.9 Å². The Bertz CT molecular complexity index is 587. The average Bonchev–Trinajstić information content (AvgIpc) is 2.55. The first-order valence-electron chi connectivity index (χ1n) is 7.39. The largest absolute Gasteiger partial charge is 0.465 e. The molecule has 0 radical (unpaired) electrons. The quantitative estimate of drug-likeness (QED) is 0.343. The lowest BCUT2D eigenvalue weighted by atomic mass is 10.1. The van der Waals surface area contributed by atoms with Gasteiger partial charge in [-0.2, -0.15) is 0 Å². The van der Waals surface area contributed by atoms with Crippen molar-refractivity contribution in [2.24, 2.45) is 0 Å². The molecule has 0 atom stereocenters. The van der Waals surface area contributed by atoms with E-state index in [-0.39, 0.29) is 24.4 Å². The van der Waals surface area contributed by atoms with Crippen molar-refractivity contribution in [1.29, 1.82) is 0 Å². The number of esters is 2. The molecule has 0 amide bonds. The third-order valence-corrected chi connectivity index (χ3v) is 2.98. The highest BCUT2D eigenvalue weighted by Crippen LogP contribution is 2.17. The van der Waals surface area contributed by atoms with Crippen LogP contribution in [0.15, 0.2) is 36.0 Å². The van der Waals surface area contributed by atoms with E-state index >= 15 is 0 Å². The number of rotatable bonds is 8. The van der Waals surface area contributed by atoms with Crippen molar-refractivity contribution in [3.05, 3.63) is 41.6 Å². The summed E-state index contributed by atoms with van der Waals surface area (Å²) in [5.41, 5.74) is 0.663. The molecule has 1 aromatic rings. The minimum atomic E-state index is -0.686. The van der Waals surface area contributed by atoms with Gasteiger partial charge in [-0.3, -0.25) is 4.79 Å². The number of anilines is 1. The van der Waals surface area contributed by atoms with Crippen LogP contribution >= 0.6 is 0 Å². The highest BCUT2D eigenvalue weighted by Gasteiger charge is 2.19. The first-order chi connectivity index (χ1) is 11.0. The van der Waals surface area contributed by atoms with Crippen LogP contribution in [0.25, 0.3) is 0 Å². The second-order valence-corrected chi connectivity index (χ2v) is 4.63. The summed E-state index contributed by atoms with van der Waals surface area (Å²) in [5.74, 6) is -1.51. The Morgan fingerprint density at radius 1 is 1.17 bits per heavy atom. The molecule has 23 heavy (non-hydrogen) atoms. The Morgan fingerprint density at radius 2 is 1.87 bits per heavy atom. The number of ether oxygens (including phenoxy) is 2. The maximum absolute atomic E-state index is 12.1. The van der Waals surface area contributed by atoms with E-state index < -0.39 is 11.9 Å². The van der Waals surface area contributed by atoms with E-state index in [0.29, 0.717) is 17.7 Å². The monoisotopic (exact) mass is 319 g/mol. The van der Waals surface area contributed by atoms with Crippen LogP contribution in [0.5, 0.6) is 0 Å². The maximum atomic E-state index is 12.1. The molecule has 1 aromatic carbocycles. The van der Waals surface area contributed by atoms with Gasteiger partial charge in [-0.1, -0.05) is 19.1 Å². The molecule has 0 heterocycles. The first-order valence-corrected chi connectivity index (χ1v) is 7.39. The van der Waals surface area contributed by atoms with Gasteiger partial charge in [0, 0.05) is 12.6 Å². The van der Waals surface area contributed by atoms with E-state index in [0.717, 1.165) is 0 Å². The summed E-state index contributed by atoms with van der Waals surface area (Å²) in [6, 6.07) is 6.64. The molecule has 0 spiro atoms. The summed E-state index contributed by atoms with van der Waals surface area (Å²) < 4.78 is 9.60. The van der Waals surface area contributed by atoms with Crippen LogP contribution in [0.2, 0.25) is 0 Å². The molecule has 6 heteroatoms. The van der Waals surface area contributed by atoms with Gasteiger partial charge in [-0.15, -0.1) is 0 Å². The third-order valence-electron chi connectivity index (χ3n) is 2.98. The number of methoxy groups -OCH3 is 1. The van der Waals surface area contributed by atoms with E-state index in [4.69, 9.17) is 9.47 Å². The van der Waals surface area contributed by atoms with Crippen molar-refractivity contribution in [1.82, 2.24) is 0 Å². The molecule has 0 aliphatic carbocycles. The predicted molar refractivity (Wildman–Crippen MR) is 86.0 cm³/mol. The molecule has 1 N–H and O–H groups in total. The Hall–Kier alpha value is -2.63. The van der Waals surface area contributed by atoms with Crippen LogP contribution in [0.1, 0.15) is 37.0 Å². The number of benzene rings is 1. The normalized spacial score (nSPS) is 10.8. The lowest BCUT2D eigenvalue weighted by molar-refractivity contribution is -0.140. The molecule has 6 nitrogen and oxygen atoms in total. The van der Waals surface area contributed by atoms with Crippen LogP contribution in [0.4, 0.5) is 5.69 Å². The van der Waals surface area contributed by atoms with E-state index in [1.807, 2.05) is 6.92 Å². The number of Topliss-reactive ketones (excluding diaryl/α,β-unsaturated/α-hetero) is 1. The zero-order chi connectivity index (χ0) is 17.2. The van der Waals surface area contributed by atoms with Gasteiger partial charge in [0.2, 0.25) is 0 Å². The summed E-state index contributed by atoms with van der Waals surface area (Å²) in [6.07, 6.45) is 2.14. The van der Waals surface area contributed by atoms with E-state index in [2.05, 4.69) is 5.32 Å². The van der Waals surface area contributed by atoms with Crippen molar-refractivity contribution in [2.45, 2.75) is 26.7 Å². The molecule has 0 bridgehead atoms. The summed E-state index contributed by atoms with van der Waals surface area (Å²) in [5, 5.41) is 2.82. The standard InChI is InChI=1S/C17H21NO5/c1-4-8-15(19)13(17(21)23-5-2)11-18-14-10-7-6-9-12(14)16(20)22-3/h6-7,9-11,18H,4-5,8H2,1-3H3/b13-11-. The number of carbonyl (C=O) groups is 3. The van der Waals surface area contributed by atoms with Crippen molar-refractivity contribution < 1.29 is 23.9 Å². The topological polar surface area (TPSA) is 81.7 Å². The highest BCUT2D eigenvalue weighted by atomic mass is 16.5. The van der Waals surface area contributed by atoms with Crippen molar-refractivity contribution >= 4 is 23.4 Å². The third kappa shape index (κ3) is 5.25. The molecule has 1 rings (SSSR count). The number of para-hydroxylation sites is 1. The zero-order valence-electron chi connectivity index (χ0n) is 13.5. The fourth-order valence-electron chi connectivity index (χ4n) is 1.87. The number of ketones is 1. The van der Waals surface area contributed by atoms with Crippen LogP contribution in [-0.2, 0) is 19.1 Å². The van der Waals surface area contributed by atoms with E-state index in [1.54, 1.807) is 31.2 Å². The smallest absolute Gasteiger partial charge is 0.343 e. The van der Waals surface area contributed by atoms with Gasteiger partial charge < -0.3 is 14.8 Å². The molecule has 124 valence electrons. The van der Waals surface area contributed by atoms with Crippen molar-refractivity contribution in [3.63, 3.8) is 0 Å². The summed E-state index contributed by atoms with van der Waals surface area (Å²) in [6.45, 7) is 3.69. The lowest BCUT2D eigenvalue weighted by Gasteiger charge is -2.09. The Labute approximate surface area is 135 Å². The molecular weight excluding hydrogens is 298 g/mol. The minimum absolute atomic E-state index is 0.0756. The first kappa shape index (κ1) is 18.4. The van der Waals surface area contributed by atoms with Gasteiger partial charge in [-0.05, 0) is 25.5 Å². The maximum Gasteiger partial charge on any atom is 0.343 e. The molecule has 0 aliphatic heterocycles.